The highest BCUT2D eigenvalue weighted by Crippen LogP contribution is 2.42. The van der Waals surface area contributed by atoms with Crippen LogP contribution in [0, 0.1) is 34.0 Å². The second kappa shape index (κ2) is 13.0. The van der Waals surface area contributed by atoms with Gasteiger partial charge in [0.15, 0.2) is 0 Å². The summed E-state index contributed by atoms with van der Waals surface area (Å²) in [4.78, 5) is 4.67. The number of fused-ring (bicyclic) bond motifs is 6. The third kappa shape index (κ3) is 5.12. The highest BCUT2D eigenvalue weighted by Gasteiger charge is 2.21. The molecule has 0 aliphatic carbocycles. The van der Waals surface area contributed by atoms with E-state index in [2.05, 4.69) is 129 Å². The summed E-state index contributed by atoms with van der Waals surface area (Å²) >= 11 is 0. The Kier molecular flexibility index (Phi) is 7.53. The zero-order valence-corrected chi connectivity index (χ0v) is 29.8. The molecule has 10 rings (SSSR count). The predicted octanol–water partition coefficient (Wildman–Crippen LogP) is 11.9. The van der Waals surface area contributed by atoms with E-state index < -0.39 is 0 Å². The number of aromatic nitrogens is 3. The van der Waals surface area contributed by atoms with Gasteiger partial charge in [-0.05, 0) is 101 Å². The van der Waals surface area contributed by atoms with Crippen molar-refractivity contribution < 1.29 is 0 Å². The van der Waals surface area contributed by atoms with Gasteiger partial charge in [0.2, 0.25) is 0 Å². The van der Waals surface area contributed by atoms with Crippen LogP contribution in [0.15, 0.2) is 170 Å². The lowest BCUT2D eigenvalue weighted by Gasteiger charge is -2.18. The average molecular weight is 713 g/mol. The largest absolute Gasteiger partial charge is 0.309 e. The number of pyridine rings is 1. The molecule has 7 aromatic carbocycles. The summed E-state index contributed by atoms with van der Waals surface area (Å²) in [6, 6.07) is 60.0. The SMILES string of the molecule is N#Cc1ccc(-c2ccc3c(c2)c2ccccc2n3-c2cnccc2-c2ccc(C#N)cc2-n2c3ccccc3c3cc(-c4ccc(C#N)cc4)ccc32)cc1. The van der Waals surface area contributed by atoms with E-state index in [0.29, 0.717) is 16.7 Å². The lowest BCUT2D eigenvalue weighted by Crippen LogP contribution is -2.02. The lowest BCUT2D eigenvalue weighted by molar-refractivity contribution is 1.13. The Morgan fingerprint density at radius 1 is 0.375 bits per heavy atom. The molecule has 56 heavy (non-hydrogen) atoms. The van der Waals surface area contributed by atoms with Gasteiger partial charge in [0.25, 0.3) is 0 Å². The molecule has 10 aromatic rings. The van der Waals surface area contributed by atoms with E-state index in [9.17, 15) is 15.8 Å². The van der Waals surface area contributed by atoms with Crippen LogP contribution in [0.4, 0.5) is 0 Å². The second-order valence-electron chi connectivity index (χ2n) is 13.8. The Morgan fingerprint density at radius 3 is 1.36 bits per heavy atom. The molecule has 0 spiro atoms. The van der Waals surface area contributed by atoms with E-state index >= 15 is 0 Å². The second-order valence-corrected chi connectivity index (χ2v) is 13.8. The number of hydrogen-bond acceptors (Lipinski definition) is 4. The molecular formula is C50H28N6. The summed E-state index contributed by atoms with van der Waals surface area (Å²) in [5.41, 5.74) is 13.9. The van der Waals surface area contributed by atoms with Crippen molar-refractivity contribution in [3.63, 3.8) is 0 Å². The fourth-order valence-corrected chi connectivity index (χ4v) is 8.10. The molecule has 6 heteroatoms. The molecule has 3 aromatic heterocycles. The topological polar surface area (TPSA) is 94.1 Å². The molecule has 3 heterocycles. The lowest BCUT2D eigenvalue weighted by atomic mass is 10.00. The monoisotopic (exact) mass is 712 g/mol. The van der Waals surface area contributed by atoms with Gasteiger partial charge in [-0.1, -0.05) is 78.9 Å². The highest BCUT2D eigenvalue weighted by molar-refractivity contribution is 6.12. The van der Waals surface area contributed by atoms with Crippen LogP contribution in [0.2, 0.25) is 0 Å². The van der Waals surface area contributed by atoms with Crippen molar-refractivity contribution in [1.29, 1.82) is 15.8 Å². The van der Waals surface area contributed by atoms with Crippen LogP contribution in [-0.4, -0.2) is 14.1 Å². The van der Waals surface area contributed by atoms with Crippen LogP contribution < -0.4 is 0 Å². The molecule has 0 bridgehead atoms. The van der Waals surface area contributed by atoms with Crippen molar-refractivity contribution in [2.75, 3.05) is 0 Å². The standard InChI is InChI=1S/C50H28N6/c51-28-32-9-14-35(15-10-32)37-18-21-47-43(26-37)39-5-1-3-7-45(39)55(47)49-25-34(30-53)13-20-41(49)42-23-24-54-31-50(42)56-46-8-4-2-6-40(46)44-27-38(19-22-48(44)56)36-16-11-33(29-52)12-17-36/h1-27,31H. The number of rotatable bonds is 5. The summed E-state index contributed by atoms with van der Waals surface area (Å²) in [6.07, 6.45) is 3.75. The van der Waals surface area contributed by atoms with Gasteiger partial charge in [-0.2, -0.15) is 15.8 Å². The molecule has 0 atom stereocenters. The van der Waals surface area contributed by atoms with Crippen LogP contribution in [0.1, 0.15) is 16.7 Å². The first-order valence-electron chi connectivity index (χ1n) is 18.2. The number of benzene rings is 7. The average Bonchev–Trinajstić information content (AvgIpc) is 3.78. The first kappa shape index (κ1) is 32.4. The van der Waals surface area contributed by atoms with E-state index in [-0.39, 0.29) is 0 Å². The van der Waals surface area contributed by atoms with Gasteiger partial charge in [-0.15, -0.1) is 0 Å². The fraction of sp³-hybridized carbons (Fsp3) is 0. The Hall–Kier alpha value is -8.24. The summed E-state index contributed by atoms with van der Waals surface area (Å²) in [5, 5.41) is 33.3. The molecule has 6 nitrogen and oxygen atoms in total. The van der Waals surface area contributed by atoms with Crippen LogP contribution in [0.5, 0.6) is 0 Å². The number of hydrogen-bond donors (Lipinski definition) is 0. The summed E-state index contributed by atoms with van der Waals surface area (Å²) < 4.78 is 4.55. The molecule has 0 unspecified atom stereocenters. The smallest absolute Gasteiger partial charge is 0.0992 e. The maximum Gasteiger partial charge on any atom is 0.0992 e. The zero-order valence-electron chi connectivity index (χ0n) is 29.8. The van der Waals surface area contributed by atoms with Crippen LogP contribution in [0.25, 0.3) is 88.4 Å². The minimum atomic E-state index is 0.562. The van der Waals surface area contributed by atoms with Gasteiger partial charge in [-0.25, -0.2) is 0 Å². The Bertz CT molecular complexity index is 3330. The van der Waals surface area contributed by atoms with Crippen molar-refractivity contribution in [3.05, 3.63) is 187 Å². The minimum Gasteiger partial charge on any atom is -0.309 e. The Morgan fingerprint density at radius 2 is 0.821 bits per heavy atom. The van der Waals surface area contributed by atoms with Gasteiger partial charge in [0.05, 0.1) is 74.5 Å². The molecular weight excluding hydrogens is 685 g/mol. The number of para-hydroxylation sites is 2. The molecule has 0 saturated carbocycles. The minimum absolute atomic E-state index is 0.562. The quantitative estimate of drug-likeness (QED) is 0.177. The third-order valence-electron chi connectivity index (χ3n) is 10.7. The molecule has 0 aliphatic rings. The van der Waals surface area contributed by atoms with Gasteiger partial charge >= 0.3 is 0 Å². The Labute approximate surface area is 322 Å². The number of nitriles is 3. The van der Waals surface area contributed by atoms with Gasteiger partial charge < -0.3 is 9.13 Å². The van der Waals surface area contributed by atoms with E-state index in [1.54, 1.807) is 0 Å². The highest BCUT2D eigenvalue weighted by atomic mass is 15.0. The van der Waals surface area contributed by atoms with Crippen molar-refractivity contribution in [1.82, 2.24) is 14.1 Å². The summed E-state index contributed by atoms with van der Waals surface area (Å²) in [5.74, 6) is 0. The van der Waals surface area contributed by atoms with Crippen LogP contribution in [-0.2, 0) is 0 Å². The van der Waals surface area contributed by atoms with Crippen molar-refractivity contribution >= 4 is 43.6 Å². The van der Waals surface area contributed by atoms with Crippen molar-refractivity contribution in [2.45, 2.75) is 0 Å². The maximum absolute atomic E-state index is 10.2. The van der Waals surface area contributed by atoms with Crippen molar-refractivity contribution in [2.24, 2.45) is 0 Å². The molecule has 0 fully saturated rings. The molecule has 0 amide bonds. The predicted molar refractivity (Wildman–Crippen MR) is 223 cm³/mol. The summed E-state index contributed by atoms with van der Waals surface area (Å²) in [7, 11) is 0. The van der Waals surface area contributed by atoms with E-state index in [0.717, 1.165) is 88.4 Å². The third-order valence-corrected chi connectivity index (χ3v) is 10.7. The van der Waals surface area contributed by atoms with Crippen molar-refractivity contribution in [3.8, 4) is 63.0 Å². The summed E-state index contributed by atoms with van der Waals surface area (Å²) in [6.45, 7) is 0. The van der Waals surface area contributed by atoms with Crippen LogP contribution in [0.3, 0.4) is 0 Å². The van der Waals surface area contributed by atoms with Gasteiger partial charge in [0, 0.05) is 38.9 Å². The van der Waals surface area contributed by atoms with Gasteiger partial charge in [-0.3, -0.25) is 4.98 Å². The maximum atomic E-state index is 10.2. The number of nitrogens with zero attached hydrogens (tertiary/aromatic N) is 6. The zero-order chi connectivity index (χ0) is 37.8. The molecule has 258 valence electrons. The first-order chi connectivity index (χ1) is 27.6. The Balaban J connectivity index is 1.20. The normalized spacial score (nSPS) is 11.2. The molecule has 0 aliphatic heterocycles. The van der Waals surface area contributed by atoms with Crippen LogP contribution >= 0.6 is 0 Å². The van der Waals surface area contributed by atoms with Gasteiger partial charge in [0.1, 0.15) is 0 Å². The molecule has 0 radical (unpaired) electrons. The van der Waals surface area contributed by atoms with E-state index in [1.807, 2.05) is 73.1 Å². The fourth-order valence-electron chi connectivity index (χ4n) is 8.10. The first-order valence-corrected chi connectivity index (χ1v) is 18.2. The molecule has 0 saturated heterocycles. The van der Waals surface area contributed by atoms with E-state index in [1.165, 1.54) is 0 Å². The van der Waals surface area contributed by atoms with E-state index in [4.69, 9.17) is 0 Å². The molecule has 0 N–H and O–H groups in total.